The summed E-state index contributed by atoms with van der Waals surface area (Å²) in [6, 6.07) is 7.68. The van der Waals surface area contributed by atoms with Crippen molar-refractivity contribution in [3.8, 4) is 0 Å². The number of thioether (sulfide) groups is 1. The van der Waals surface area contributed by atoms with E-state index >= 15 is 0 Å². The highest BCUT2D eigenvalue weighted by atomic mass is 35.5. The number of hydrogen-bond acceptors (Lipinski definition) is 4. The number of fused-ring (bicyclic) bond motifs is 1. The highest BCUT2D eigenvalue weighted by Crippen LogP contribution is 2.15. The Labute approximate surface area is 141 Å². The van der Waals surface area contributed by atoms with Crippen LogP contribution >= 0.6 is 34.7 Å². The summed E-state index contributed by atoms with van der Waals surface area (Å²) in [6.45, 7) is 0.467. The van der Waals surface area contributed by atoms with Gasteiger partial charge in [-0.25, -0.2) is 4.98 Å². The first-order chi connectivity index (χ1) is 10.7. The van der Waals surface area contributed by atoms with Crippen LogP contribution in [0.15, 0.2) is 42.0 Å². The molecule has 0 bridgehead atoms. The molecule has 0 saturated carbocycles. The summed E-state index contributed by atoms with van der Waals surface area (Å²) in [7, 11) is 0. The van der Waals surface area contributed by atoms with Crippen molar-refractivity contribution in [2.75, 3.05) is 5.75 Å². The van der Waals surface area contributed by atoms with E-state index in [1.807, 2.05) is 46.4 Å². The molecule has 0 saturated heterocycles. The van der Waals surface area contributed by atoms with Crippen LogP contribution in [0.1, 0.15) is 11.3 Å². The summed E-state index contributed by atoms with van der Waals surface area (Å²) in [5, 5.41) is 5.61. The number of imidazole rings is 1. The van der Waals surface area contributed by atoms with E-state index in [0.717, 1.165) is 27.0 Å². The quantitative estimate of drug-likeness (QED) is 0.738. The van der Waals surface area contributed by atoms with Gasteiger partial charge in [0.05, 0.1) is 18.0 Å². The third-order valence-corrected chi connectivity index (χ3v) is 5.05. The van der Waals surface area contributed by atoms with Crippen LogP contribution in [-0.2, 0) is 17.1 Å². The maximum Gasteiger partial charge on any atom is 0.230 e. The Kier molecular flexibility index (Phi) is 5.02. The number of hydrogen-bond donors (Lipinski definition) is 1. The van der Waals surface area contributed by atoms with Gasteiger partial charge in [-0.15, -0.1) is 23.1 Å². The Morgan fingerprint density at radius 1 is 1.36 bits per heavy atom. The van der Waals surface area contributed by atoms with Crippen molar-refractivity contribution in [1.82, 2.24) is 14.7 Å². The third-order valence-electron chi connectivity index (χ3n) is 3.02. The molecule has 114 valence electrons. The van der Waals surface area contributed by atoms with Crippen molar-refractivity contribution in [2.45, 2.75) is 12.3 Å². The predicted molar refractivity (Wildman–Crippen MR) is 92.5 cm³/mol. The summed E-state index contributed by atoms with van der Waals surface area (Å²) >= 11 is 9.00. The number of thiazole rings is 1. The summed E-state index contributed by atoms with van der Waals surface area (Å²) in [5.74, 6) is 1.26. The second kappa shape index (κ2) is 7.17. The molecule has 1 aromatic carbocycles. The first-order valence-electron chi connectivity index (χ1n) is 6.71. The third kappa shape index (κ3) is 4.03. The number of nitrogens with one attached hydrogen (secondary N) is 1. The Hall–Kier alpha value is -1.50. The second-order valence-electron chi connectivity index (χ2n) is 4.72. The standard InChI is InChI=1S/C15H14ClN3OS2/c16-12-3-1-11(2-4-12)9-21-10-14(20)17-7-13-8-19-5-6-22-15(19)18-13/h1-6,8H,7,9-10H2,(H,17,20). The molecule has 3 aromatic rings. The molecule has 7 heteroatoms. The van der Waals surface area contributed by atoms with Crippen molar-refractivity contribution >= 4 is 45.6 Å². The average molecular weight is 352 g/mol. The molecule has 0 aliphatic carbocycles. The minimum absolute atomic E-state index is 0.0234. The Morgan fingerprint density at radius 3 is 2.95 bits per heavy atom. The average Bonchev–Trinajstić information content (AvgIpc) is 3.08. The zero-order valence-electron chi connectivity index (χ0n) is 11.7. The lowest BCUT2D eigenvalue weighted by molar-refractivity contribution is -0.118. The van der Waals surface area contributed by atoms with Crippen molar-refractivity contribution < 1.29 is 4.79 Å². The summed E-state index contributed by atoms with van der Waals surface area (Å²) in [6.07, 6.45) is 3.90. The molecule has 4 nitrogen and oxygen atoms in total. The lowest BCUT2D eigenvalue weighted by atomic mass is 10.2. The minimum atomic E-state index is 0.0234. The van der Waals surface area contributed by atoms with Crippen LogP contribution in [0.3, 0.4) is 0 Å². The summed E-state index contributed by atoms with van der Waals surface area (Å²) < 4.78 is 1.96. The molecule has 2 aromatic heterocycles. The molecule has 0 unspecified atom stereocenters. The zero-order valence-corrected chi connectivity index (χ0v) is 14.0. The Morgan fingerprint density at radius 2 is 2.18 bits per heavy atom. The van der Waals surface area contributed by atoms with Crippen molar-refractivity contribution in [2.24, 2.45) is 0 Å². The van der Waals surface area contributed by atoms with Gasteiger partial charge in [-0.05, 0) is 17.7 Å². The van der Waals surface area contributed by atoms with Crippen LogP contribution in [0, 0.1) is 0 Å². The normalized spacial score (nSPS) is 11.0. The zero-order chi connectivity index (χ0) is 15.4. The Bertz CT molecular complexity index is 738. The van der Waals surface area contributed by atoms with E-state index in [0.29, 0.717) is 12.3 Å². The van der Waals surface area contributed by atoms with Gasteiger partial charge in [0.25, 0.3) is 0 Å². The molecule has 1 amide bonds. The van der Waals surface area contributed by atoms with E-state index in [1.165, 1.54) is 0 Å². The number of amides is 1. The summed E-state index contributed by atoms with van der Waals surface area (Å²) in [5.41, 5.74) is 2.04. The lowest BCUT2D eigenvalue weighted by Gasteiger charge is -2.04. The van der Waals surface area contributed by atoms with E-state index < -0.39 is 0 Å². The van der Waals surface area contributed by atoms with Crippen LogP contribution in [0.5, 0.6) is 0 Å². The Balaban J connectivity index is 1.40. The topological polar surface area (TPSA) is 46.4 Å². The number of carbonyl (C=O) groups excluding carboxylic acids is 1. The minimum Gasteiger partial charge on any atom is -0.350 e. The number of halogens is 1. The number of rotatable bonds is 6. The number of aromatic nitrogens is 2. The van der Waals surface area contributed by atoms with Gasteiger partial charge >= 0.3 is 0 Å². The van der Waals surface area contributed by atoms with Gasteiger partial charge in [0.2, 0.25) is 5.91 Å². The van der Waals surface area contributed by atoms with Crippen molar-refractivity contribution in [1.29, 1.82) is 0 Å². The van der Waals surface area contributed by atoms with E-state index in [4.69, 9.17) is 11.6 Å². The molecule has 0 atom stereocenters. The van der Waals surface area contributed by atoms with Crippen LogP contribution in [0.4, 0.5) is 0 Å². The monoisotopic (exact) mass is 351 g/mol. The van der Waals surface area contributed by atoms with Gasteiger partial charge in [-0.2, -0.15) is 0 Å². The fraction of sp³-hybridized carbons (Fsp3) is 0.200. The first kappa shape index (κ1) is 15.4. The van der Waals surface area contributed by atoms with Crippen LogP contribution in [-0.4, -0.2) is 21.0 Å². The molecule has 0 fully saturated rings. The molecule has 1 N–H and O–H groups in total. The molecule has 0 spiro atoms. The molecular weight excluding hydrogens is 338 g/mol. The molecule has 2 heterocycles. The van der Waals surface area contributed by atoms with Gasteiger partial charge in [0.15, 0.2) is 4.96 Å². The van der Waals surface area contributed by atoms with Gasteiger partial charge in [-0.1, -0.05) is 23.7 Å². The van der Waals surface area contributed by atoms with Gasteiger partial charge in [0, 0.05) is 28.5 Å². The van der Waals surface area contributed by atoms with Crippen molar-refractivity contribution in [3.05, 3.63) is 58.3 Å². The van der Waals surface area contributed by atoms with Crippen molar-refractivity contribution in [3.63, 3.8) is 0 Å². The number of nitrogens with zero attached hydrogens (tertiary/aromatic N) is 2. The largest absolute Gasteiger partial charge is 0.350 e. The fourth-order valence-corrected chi connectivity index (χ4v) is 3.61. The molecule has 3 rings (SSSR count). The number of carbonyl (C=O) groups is 1. The molecule has 0 radical (unpaired) electrons. The van der Waals surface area contributed by atoms with E-state index in [1.54, 1.807) is 23.1 Å². The van der Waals surface area contributed by atoms with E-state index in [2.05, 4.69) is 10.3 Å². The molecule has 0 aliphatic heterocycles. The van der Waals surface area contributed by atoms with Crippen LogP contribution < -0.4 is 5.32 Å². The summed E-state index contributed by atoms with van der Waals surface area (Å²) in [4.78, 5) is 17.2. The van der Waals surface area contributed by atoms with Gasteiger partial charge in [-0.3, -0.25) is 9.20 Å². The van der Waals surface area contributed by atoms with Gasteiger partial charge in [0.1, 0.15) is 0 Å². The van der Waals surface area contributed by atoms with E-state index in [-0.39, 0.29) is 5.91 Å². The highest BCUT2D eigenvalue weighted by molar-refractivity contribution is 7.99. The smallest absolute Gasteiger partial charge is 0.230 e. The number of benzene rings is 1. The highest BCUT2D eigenvalue weighted by Gasteiger charge is 2.05. The molecule has 0 aliphatic rings. The van der Waals surface area contributed by atoms with E-state index in [9.17, 15) is 4.79 Å². The maximum absolute atomic E-state index is 11.8. The maximum atomic E-state index is 11.8. The molecule has 22 heavy (non-hydrogen) atoms. The van der Waals surface area contributed by atoms with Gasteiger partial charge < -0.3 is 5.32 Å². The predicted octanol–water partition coefficient (Wildman–Crippen LogP) is 3.60. The first-order valence-corrected chi connectivity index (χ1v) is 9.12. The lowest BCUT2D eigenvalue weighted by Crippen LogP contribution is -2.24. The van der Waals surface area contributed by atoms with Crippen LogP contribution in [0.2, 0.25) is 5.02 Å². The van der Waals surface area contributed by atoms with Crippen LogP contribution in [0.25, 0.3) is 4.96 Å². The fourth-order valence-electron chi connectivity index (χ4n) is 1.94. The molecular formula is C15H14ClN3OS2. The SMILES string of the molecule is O=C(CSCc1ccc(Cl)cc1)NCc1cn2ccsc2n1. The second-order valence-corrected chi connectivity index (χ2v) is 7.02.